The third-order valence-electron chi connectivity index (χ3n) is 3.72. The average Bonchev–Trinajstić information content (AvgIpc) is 2.66. The van der Waals surface area contributed by atoms with Crippen molar-refractivity contribution < 1.29 is 13.2 Å². The lowest BCUT2D eigenvalue weighted by atomic mass is 10.1. The molecule has 2 N–H and O–H groups in total. The van der Waals surface area contributed by atoms with Crippen molar-refractivity contribution in [2.75, 3.05) is 11.4 Å². The fourth-order valence-electron chi connectivity index (χ4n) is 2.84. The zero-order valence-corrected chi connectivity index (χ0v) is 11.2. The molecule has 1 aromatic rings. The minimum Gasteiger partial charge on any atom is -0.368 e. The maximum atomic E-state index is 12.7. The predicted molar refractivity (Wildman–Crippen MR) is 69.9 cm³/mol. The molecule has 1 fully saturated rings. The van der Waals surface area contributed by atoms with Crippen molar-refractivity contribution in [2.24, 2.45) is 11.7 Å². The summed E-state index contributed by atoms with van der Waals surface area (Å²) in [5, 5.41) is 0. The summed E-state index contributed by atoms with van der Waals surface area (Å²) in [6.07, 6.45) is -3.25. The van der Waals surface area contributed by atoms with Gasteiger partial charge in [-0.15, -0.1) is 0 Å². The molecular formula is C14H19F3N2. The monoisotopic (exact) mass is 272 g/mol. The van der Waals surface area contributed by atoms with Crippen molar-refractivity contribution >= 4 is 5.69 Å². The van der Waals surface area contributed by atoms with Gasteiger partial charge in [-0.1, -0.05) is 6.92 Å². The molecule has 0 aliphatic carbocycles. The molecular weight excluding hydrogens is 253 g/mol. The number of halogens is 3. The molecule has 2 atom stereocenters. The lowest BCUT2D eigenvalue weighted by molar-refractivity contribution is -0.137. The van der Waals surface area contributed by atoms with Gasteiger partial charge in [-0.3, -0.25) is 0 Å². The number of anilines is 1. The smallest absolute Gasteiger partial charge is 0.368 e. The summed E-state index contributed by atoms with van der Waals surface area (Å²) in [7, 11) is 0. The normalized spacial score (nSPS) is 24.0. The largest absolute Gasteiger partial charge is 0.416 e. The Labute approximate surface area is 111 Å². The lowest BCUT2D eigenvalue weighted by Gasteiger charge is -2.27. The Bertz CT molecular complexity index is 456. The highest BCUT2D eigenvalue weighted by Gasteiger charge is 2.32. The second kappa shape index (κ2) is 5.04. The van der Waals surface area contributed by atoms with E-state index in [2.05, 4.69) is 18.7 Å². The van der Waals surface area contributed by atoms with Crippen LogP contribution >= 0.6 is 0 Å². The first-order valence-electron chi connectivity index (χ1n) is 6.49. The number of hydrogen-bond acceptors (Lipinski definition) is 2. The van der Waals surface area contributed by atoms with Crippen molar-refractivity contribution in [3.8, 4) is 0 Å². The van der Waals surface area contributed by atoms with E-state index in [1.54, 1.807) is 6.07 Å². The van der Waals surface area contributed by atoms with Gasteiger partial charge < -0.3 is 10.6 Å². The van der Waals surface area contributed by atoms with Crippen molar-refractivity contribution in [2.45, 2.75) is 39.0 Å². The molecule has 1 aliphatic heterocycles. The molecule has 5 heteroatoms. The van der Waals surface area contributed by atoms with Gasteiger partial charge in [0.15, 0.2) is 0 Å². The van der Waals surface area contributed by atoms with Crippen LogP contribution in [-0.2, 0) is 12.7 Å². The van der Waals surface area contributed by atoms with Crippen LogP contribution in [0.2, 0.25) is 0 Å². The van der Waals surface area contributed by atoms with Crippen LogP contribution in [0.5, 0.6) is 0 Å². The van der Waals surface area contributed by atoms with Crippen LogP contribution in [-0.4, -0.2) is 12.6 Å². The Morgan fingerprint density at radius 2 is 2.00 bits per heavy atom. The molecule has 1 heterocycles. The number of hydrogen-bond donors (Lipinski definition) is 1. The van der Waals surface area contributed by atoms with E-state index in [9.17, 15) is 13.2 Å². The Balaban J connectivity index is 2.36. The molecule has 0 aromatic heterocycles. The van der Waals surface area contributed by atoms with E-state index in [0.717, 1.165) is 24.7 Å². The Morgan fingerprint density at radius 3 is 2.47 bits per heavy atom. The molecule has 19 heavy (non-hydrogen) atoms. The van der Waals surface area contributed by atoms with Gasteiger partial charge in [0.05, 0.1) is 5.56 Å². The average molecular weight is 272 g/mol. The molecule has 1 aromatic carbocycles. The number of nitrogens with two attached hydrogens (primary N) is 1. The Hall–Kier alpha value is -1.23. The summed E-state index contributed by atoms with van der Waals surface area (Å²) in [6, 6.07) is 4.21. The first kappa shape index (κ1) is 14.2. The summed E-state index contributed by atoms with van der Waals surface area (Å²) < 4.78 is 38.1. The highest BCUT2D eigenvalue weighted by Crippen LogP contribution is 2.35. The van der Waals surface area contributed by atoms with Gasteiger partial charge in [-0.2, -0.15) is 13.2 Å². The van der Waals surface area contributed by atoms with Crippen molar-refractivity contribution in [1.82, 2.24) is 0 Å². The van der Waals surface area contributed by atoms with Gasteiger partial charge in [0.1, 0.15) is 0 Å². The van der Waals surface area contributed by atoms with Crippen LogP contribution in [0.25, 0.3) is 0 Å². The maximum absolute atomic E-state index is 12.7. The first-order chi connectivity index (χ1) is 8.82. The molecule has 0 bridgehead atoms. The van der Waals surface area contributed by atoms with E-state index < -0.39 is 11.7 Å². The topological polar surface area (TPSA) is 29.3 Å². The summed E-state index contributed by atoms with van der Waals surface area (Å²) in [6.45, 7) is 5.25. The maximum Gasteiger partial charge on any atom is 0.416 e. The van der Waals surface area contributed by atoms with E-state index in [-0.39, 0.29) is 6.54 Å². The van der Waals surface area contributed by atoms with Crippen LogP contribution in [0, 0.1) is 5.92 Å². The zero-order valence-electron chi connectivity index (χ0n) is 11.2. The van der Waals surface area contributed by atoms with Crippen LogP contribution in [0.4, 0.5) is 18.9 Å². The predicted octanol–water partition coefficient (Wildman–Crippen LogP) is 3.40. The molecule has 0 saturated carbocycles. The van der Waals surface area contributed by atoms with Crippen molar-refractivity contribution in [3.05, 3.63) is 29.3 Å². The van der Waals surface area contributed by atoms with Gasteiger partial charge in [-0.05, 0) is 43.0 Å². The van der Waals surface area contributed by atoms with Crippen molar-refractivity contribution in [1.29, 1.82) is 0 Å². The van der Waals surface area contributed by atoms with E-state index in [1.807, 2.05) is 0 Å². The fourth-order valence-corrected chi connectivity index (χ4v) is 2.84. The molecule has 0 amide bonds. The molecule has 2 unspecified atom stereocenters. The van der Waals surface area contributed by atoms with E-state index in [0.29, 0.717) is 17.5 Å². The minimum atomic E-state index is -4.31. The zero-order chi connectivity index (χ0) is 14.2. The highest BCUT2D eigenvalue weighted by atomic mass is 19.4. The lowest BCUT2D eigenvalue weighted by Crippen LogP contribution is -2.28. The van der Waals surface area contributed by atoms with Gasteiger partial charge in [0, 0.05) is 24.8 Å². The number of nitrogens with zero attached hydrogens (tertiary/aromatic N) is 1. The van der Waals surface area contributed by atoms with Gasteiger partial charge in [0.25, 0.3) is 0 Å². The third-order valence-corrected chi connectivity index (χ3v) is 3.72. The van der Waals surface area contributed by atoms with Gasteiger partial charge in [-0.25, -0.2) is 0 Å². The number of alkyl halides is 3. The second-order valence-corrected chi connectivity index (χ2v) is 5.39. The highest BCUT2D eigenvalue weighted by molar-refractivity contribution is 5.57. The minimum absolute atomic E-state index is 0.122. The molecule has 1 saturated heterocycles. The van der Waals surface area contributed by atoms with Crippen LogP contribution in [0.3, 0.4) is 0 Å². The molecule has 0 radical (unpaired) electrons. The molecule has 1 aliphatic rings. The van der Waals surface area contributed by atoms with Crippen LogP contribution < -0.4 is 10.6 Å². The molecule has 2 nitrogen and oxygen atoms in total. The second-order valence-electron chi connectivity index (χ2n) is 5.39. The molecule has 106 valence electrons. The molecule has 0 spiro atoms. The molecule has 2 rings (SSSR count). The van der Waals surface area contributed by atoms with E-state index in [1.165, 1.54) is 6.07 Å². The SMILES string of the molecule is CC1CC(C)N(c2ccc(C(F)(F)F)cc2CN)C1. The van der Waals surface area contributed by atoms with Crippen LogP contribution in [0.1, 0.15) is 31.4 Å². The first-order valence-corrected chi connectivity index (χ1v) is 6.49. The van der Waals surface area contributed by atoms with Crippen molar-refractivity contribution in [3.63, 3.8) is 0 Å². The summed E-state index contributed by atoms with van der Waals surface area (Å²) in [5.74, 6) is 0.558. The number of benzene rings is 1. The van der Waals surface area contributed by atoms with Gasteiger partial charge in [0.2, 0.25) is 0 Å². The van der Waals surface area contributed by atoms with E-state index >= 15 is 0 Å². The van der Waals surface area contributed by atoms with Gasteiger partial charge >= 0.3 is 6.18 Å². The fraction of sp³-hybridized carbons (Fsp3) is 0.571. The third kappa shape index (κ3) is 2.86. The Morgan fingerprint density at radius 1 is 1.32 bits per heavy atom. The number of rotatable bonds is 2. The standard InChI is InChI=1S/C14H19F3N2/c1-9-5-10(2)19(8-9)13-4-3-12(14(15,16)17)6-11(13)7-18/h3-4,6,9-10H,5,7-8,18H2,1-2H3. The summed E-state index contributed by atoms with van der Waals surface area (Å²) in [4.78, 5) is 2.16. The Kier molecular flexibility index (Phi) is 3.76. The van der Waals surface area contributed by atoms with Crippen LogP contribution in [0.15, 0.2) is 18.2 Å². The summed E-state index contributed by atoms with van der Waals surface area (Å²) in [5.41, 5.74) is 6.39. The quantitative estimate of drug-likeness (QED) is 0.894. The van der Waals surface area contributed by atoms with E-state index in [4.69, 9.17) is 5.73 Å². The summed E-state index contributed by atoms with van der Waals surface area (Å²) >= 11 is 0.